The third kappa shape index (κ3) is 5.12. The summed E-state index contributed by atoms with van der Waals surface area (Å²) >= 11 is 0. The number of nitrogens with one attached hydrogen (secondary N) is 2. The molecule has 2 amide bonds. The van der Waals surface area contributed by atoms with Gasteiger partial charge >= 0.3 is 0 Å². The first kappa shape index (κ1) is 24.4. The van der Waals surface area contributed by atoms with Crippen molar-refractivity contribution in [1.29, 1.82) is 0 Å². The van der Waals surface area contributed by atoms with Crippen LogP contribution in [0.1, 0.15) is 26.3 Å². The summed E-state index contributed by atoms with van der Waals surface area (Å²) in [5.74, 6) is -0.541. The number of nitrogens with zero attached hydrogens (tertiary/aromatic N) is 1. The number of fused-ring (bicyclic) bond motifs is 1. The summed E-state index contributed by atoms with van der Waals surface area (Å²) in [6.45, 7) is 2.03. The van der Waals surface area contributed by atoms with Gasteiger partial charge in [0.25, 0.3) is 17.5 Å². The molecule has 0 radical (unpaired) electrons. The molecule has 5 aromatic carbocycles. The van der Waals surface area contributed by atoms with Gasteiger partial charge in [-0.2, -0.15) is 0 Å². The van der Waals surface area contributed by atoms with Gasteiger partial charge in [0.2, 0.25) is 0 Å². The number of nitro groups is 1. The zero-order valence-electron chi connectivity index (χ0n) is 20.5. The SMILES string of the molecule is Cc1cccc2cccc(NC(=O)c3ccc(-c4ccc(NC(=O)c5ccc([N+](=O)[O-])cc5)cc4)cc3)c12. The molecule has 0 saturated carbocycles. The maximum absolute atomic E-state index is 12.9. The molecule has 0 saturated heterocycles. The standard InChI is InChI=1S/C31H23N3O4/c1-20-4-2-5-23-6-3-7-28(29(20)23)33-31(36)24-10-8-21(9-11-24)22-12-16-26(17-13-22)32-30(35)25-14-18-27(19-15-25)34(37)38/h2-19H,1H3,(H,32,35)(H,33,36). The van der Waals surface area contributed by atoms with Crippen molar-refractivity contribution in [2.24, 2.45) is 0 Å². The minimum absolute atomic E-state index is 0.0712. The highest BCUT2D eigenvalue weighted by atomic mass is 16.6. The Hall–Kier alpha value is -5.30. The highest BCUT2D eigenvalue weighted by Gasteiger charge is 2.12. The van der Waals surface area contributed by atoms with E-state index in [4.69, 9.17) is 0 Å². The molecular formula is C31H23N3O4. The van der Waals surface area contributed by atoms with Gasteiger partial charge in [0.05, 0.1) is 4.92 Å². The monoisotopic (exact) mass is 501 g/mol. The highest BCUT2D eigenvalue weighted by Crippen LogP contribution is 2.28. The number of benzene rings is 5. The third-order valence-corrected chi connectivity index (χ3v) is 6.32. The van der Waals surface area contributed by atoms with Gasteiger partial charge in [-0.25, -0.2) is 0 Å². The van der Waals surface area contributed by atoms with E-state index in [1.807, 2.05) is 67.6 Å². The predicted octanol–water partition coefficient (Wildman–Crippen LogP) is 7.23. The van der Waals surface area contributed by atoms with E-state index in [2.05, 4.69) is 10.6 Å². The lowest BCUT2D eigenvalue weighted by Gasteiger charge is -2.11. The van der Waals surface area contributed by atoms with Gasteiger partial charge in [0.1, 0.15) is 0 Å². The molecule has 7 nitrogen and oxygen atoms in total. The van der Waals surface area contributed by atoms with Gasteiger partial charge in [0.15, 0.2) is 0 Å². The normalized spacial score (nSPS) is 10.7. The van der Waals surface area contributed by atoms with Gasteiger partial charge < -0.3 is 10.6 Å². The first-order chi connectivity index (χ1) is 18.4. The smallest absolute Gasteiger partial charge is 0.269 e. The van der Waals surface area contributed by atoms with Crippen LogP contribution in [0.3, 0.4) is 0 Å². The fraction of sp³-hybridized carbons (Fsp3) is 0.0323. The molecule has 38 heavy (non-hydrogen) atoms. The molecule has 0 bridgehead atoms. The lowest BCUT2D eigenvalue weighted by atomic mass is 10.0. The molecule has 0 aromatic heterocycles. The summed E-state index contributed by atoms with van der Waals surface area (Å²) in [7, 11) is 0. The van der Waals surface area contributed by atoms with Crippen LogP contribution < -0.4 is 10.6 Å². The zero-order chi connectivity index (χ0) is 26.6. The summed E-state index contributed by atoms with van der Waals surface area (Å²) in [6.07, 6.45) is 0. The van der Waals surface area contributed by atoms with Crippen LogP contribution in [0.15, 0.2) is 109 Å². The quantitative estimate of drug-likeness (QED) is 0.189. The number of carbonyl (C=O) groups is 2. The average molecular weight is 502 g/mol. The number of nitro benzene ring substituents is 1. The van der Waals surface area contributed by atoms with Crippen LogP contribution in [0.2, 0.25) is 0 Å². The fourth-order valence-corrected chi connectivity index (χ4v) is 4.33. The largest absolute Gasteiger partial charge is 0.322 e. The first-order valence-corrected chi connectivity index (χ1v) is 11.9. The van der Waals surface area contributed by atoms with Gasteiger partial charge in [-0.1, -0.05) is 54.6 Å². The molecule has 0 heterocycles. The van der Waals surface area contributed by atoms with Crippen LogP contribution in [-0.2, 0) is 0 Å². The Morgan fingerprint density at radius 3 is 1.79 bits per heavy atom. The minimum atomic E-state index is -0.509. The second kappa shape index (κ2) is 10.4. The number of carbonyl (C=O) groups excluding carboxylic acids is 2. The average Bonchev–Trinajstić information content (AvgIpc) is 2.94. The molecule has 186 valence electrons. The number of non-ortho nitro benzene ring substituents is 1. The summed E-state index contributed by atoms with van der Waals surface area (Å²) in [6, 6.07) is 32.0. The number of hydrogen-bond donors (Lipinski definition) is 2. The summed E-state index contributed by atoms with van der Waals surface area (Å²) in [4.78, 5) is 35.7. The molecule has 0 atom stereocenters. The molecule has 0 aliphatic carbocycles. The van der Waals surface area contributed by atoms with Crippen molar-refractivity contribution in [3.63, 3.8) is 0 Å². The van der Waals surface area contributed by atoms with Crippen molar-refractivity contribution in [3.8, 4) is 11.1 Å². The molecule has 5 aromatic rings. The molecule has 0 spiro atoms. The Labute approximate surface area is 218 Å². The van der Waals surface area contributed by atoms with Gasteiger partial charge in [-0.3, -0.25) is 19.7 Å². The number of anilines is 2. The minimum Gasteiger partial charge on any atom is -0.322 e. The summed E-state index contributed by atoms with van der Waals surface area (Å²) < 4.78 is 0. The van der Waals surface area contributed by atoms with Crippen molar-refractivity contribution >= 4 is 39.6 Å². The second-order valence-corrected chi connectivity index (χ2v) is 8.85. The molecular weight excluding hydrogens is 478 g/mol. The second-order valence-electron chi connectivity index (χ2n) is 8.85. The molecule has 0 aliphatic heterocycles. The van der Waals surface area contributed by atoms with E-state index in [-0.39, 0.29) is 17.5 Å². The number of hydrogen-bond acceptors (Lipinski definition) is 4. The van der Waals surface area contributed by atoms with Crippen LogP contribution in [0.5, 0.6) is 0 Å². The van der Waals surface area contributed by atoms with Gasteiger partial charge in [0, 0.05) is 40.0 Å². The maximum Gasteiger partial charge on any atom is 0.269 e. The van der Waals surface area contributed by atoms with Gasteiger partial charge in [-0.05, 0) is 71.5 Å². The zero-order valence-corrected chi connectivity index (χ0v) is 20.5. The van der Waals surface area contributed by atoms with Crippen LogP contribution in [-0.4, -0.2) is 16.7 Å². The Morgan fingerprint density at radius 2 is 1.18 bits per heavy atom. The van der Waals surface area contributed by atoms with Crippen LogP contribution in [0.4, 0.5) is 17.1 Å². The number of rotatable bonds is 6. The first-order valence-electron chi connectivity index (χ1n) is 11.9. The van der Waals surface area contributed by atoms with Crippen molar-refractivity contribution < 1.29 is 14.5 Å². The molecule has 0 unspecified atom stereocenters. The fourth-order valence-electron chi connectivity index (χ4n) is 4.33. The third-order valence-electron chi connectivity index (χ3n) is 6.32. The maximum atomic E-state index is 12.9. The Balaban J connectivity index is 1.26. The summed E-state index contributed by atoms with van der Waals surface area (Å²) in [5, 5.41) is 18.7. The summed E-state index contributed by atoms with van der Waals surface area (Å²) in [5.41, 5.74) is 5.13. The number of aryl methyl sites for hydroxylation is 1. The van der Waals surface area contributed by atoms with E-state index in [1.165, 1.54) is 24.3 Å². The van der Waals surface area contributed by atoms with Crippen molar-refractivity contribution in [1.82, 2.24) is 0 Å². The van der Waals surface area contributed by atoms with Crippen LogP contribution >= 0.6 is 0 Å². The lowest BCUT2D eigenvalue weighted by Crippen LogP contribution is -2.12. The molecule has 0 aliphatic rings. The lowest BCUT2D eigenvalue weighted by molar-refractivity contribution is -0.384. The van der Waals surface area contributed by atoms with E-state index in [1.54, 1.807) is 24.3 Å². The number of amides is 2. The highest BCUT2D eigenvalue weighted by molar-refractivity contribution is 6.10. The van der Waals surface area contributed by atoms with E-state index in [0.29, 0.717) is 16.8 Å². The Kier molecular flexibility index (Phi) is 6.65. The Morgan fingerprint density at radius 1 is 0.658 bits per heavy atom. The van der Waals surface area contributed by atoms with Crippen molar-refractivity contribution in [3.05, 3.63) is 136 Å². The van der Waals surface area contributed by atoms with E-state index >= 15 is 0 Å². The molecule has 7 heteroatoms. The van der Waals surface area contributed by atoms with Crippen molar-refractivity contribution in [2.75, 3.05) is 10.6 Å². The molecule has 5 rings (SSSR count). The molecule has 2 N–H and O–H groups in total. The van der Waals surface area contributed by atoms with Crippen LogP contribution in [0.25, 0.3) is 21.9 Å². The molecule has 0 fully saturated rings. The predicted molar refractivity (Wildman–Crippen MR) is 150 cm³/mol. The topological polar surface area (TPSA) is 101 Å². The van der Waals surface area contributed by atoms with Crippen molar-refractivity contribution in [2.45, 2.75) is 6.92 Å². The van der Waals surface area contributed by atoms with E-state index in [0.717, 1.165) is 33.2 Å². The Bertz CT molecular complexity index is 1650. The van der Waals surface area contributed by atoms with E-state index < -0.39 is 4.92 Å². The van der Waals surface area contributed by atoms with Gasteiger partial charge in [-0.15, -0.1) is 0 Å². The van der Waals surface area contributed by atoms with E-state index in [9.17, 15) is 19.7 Å². The van der Waals surface area contributed by atoms with Crippen LogP contribution in [0, 0.1) is 17.0 Å².